The van der Waals surface area contributed by atoms with Gasteiger partial charge in [-0.15, -0.1) is 0 Å². The zero-order chi connectivity index (χ0) is 21.7. The zero-order valence-electron chi connectivity index (χ0n) is 17.3. The van der Waals surface area contributed by atoms with Gasteiger partial charge in [0.1, 0.15) is 5.75 Å². The van der Waals surface area contributed by atoms with Gasteiger partial charge in [0.15, 0.2) is 11.5 Å². The highest BCUT2D eigenvalue weighted by molar-refractivity contribution is 7.89. The van der Waals surface area contributed by atoms with Crippen LogP contribution in [0.15, 0.2) is 77.7 Å². The molecule has 0 amide bonds. The van der Waals surface area contributed by atoms with Crippen molar-refractivity contribution in [3.05, 3.63) is 83.9 Å². The molecule has 1 heterocycles. The first-order valence-electron chi connectivity index (χ1n) is 10.1. The van der Waals surface area contributed by atoms with Gasteiger partial charge in [0.25, 0.3) is 0 Å². The minimum atomic E-state index is -3.79. The molecule has 1 aliphatic heterocycles. The molecule has 1 unspecified atom stereocenters. The van der Waals surface area contributed by atoms with Gasteiger partial charge in [-0.25, -0.2) is 13.1 Å². The maximum absolute atomic E-state index is 13.2. The predicted octanol–water partition coefficient (Wildman–Crippen LogP) is 4.12. The monoisotopic (exact) mass is 439 g/mol. The Morgan fingerprint density at radius 1 is 0.935 bits per heavy atom. The molecule has 4 rings (SSSR count). The van der Waals surface area contributed by atoms with Crippen LogP contribution in [0.2, 0.25) is 0 Å². The Kier molecular flexibility index (Phi) is 6.44. The fraction of sp³-hybridized carbons (Fsp3) is 0.250. The molecule has 31 heavy (non-hydrogen) atoms. The summed E-state index contributed by atoms with van der Waals surface area (Å²) in [5.74, 6) is 1.79. The van der Waals surface area contributed by atoms with Crippen LogP contribution in [0.1, 0.15) is 23.6 Å². The van der Waals surface area contributed by atoms with E-state index in [0.29, 0.717) is 36.9 Å². The number of rotatable bonds is 7. The number of sulfonamides is 1. The largest absolute Gasteiger partial charge is 0.497 e. The van der Waals surface area contributed by atoms with E-state index < -0.39 is 16.1 Å². The summed E-state index contributed by atoms with van der Waals surface area (Å²) in [7, 11) is -2.28. The Labute approximate surface area is 182 Å². The third-order valence-electron chi connectivity index (χ3n) is 5.11. The molecule has 1 N–H and O–H groups in total. The van der Waals surface area contributed by atoms with Gasteiger partial charge in [0, 0.05) is 12.5 Å². The Morgan fingerprint density at radius 3 is 2.48 bits per heavy atom. The van der Waals surface area contributed by atoms with E-state index in [-0.39, 0.29) is 4.90 Å². The number of hydrogen-bond acceptors (Lipinski definition) is 5. The molecule has 6 nitrogen and oxygen atoms in total. The normalized spacial score (nSPS) is 14.5. The lowest BCUT2D eigenvalue weighted by atomic mass is 9.99. The van der Waals surface area contributed by atoms with Crippen LogP contribution in [-0.4, -0.2) is 28.7 Å². The number of methoxy groups -OCH3 is 1. The molecule has 0 saturated heterocycles. The van der Waals surface area contributed by atoms with E-state index in [4.69, 9.17) is 14.2 Å². The van der Waals surface area contributed by atoms with Crippen molar-refractivity contribution in [1.29, 1.82) is 0 Å². The van der Waals surface area contributed by atoms with Gasteiger partial charge >= 0.3 is 0 Å². The molecule has 0 spiro atoms. The minimum absolute atomic E-state index is 0.152. The van der Waals surface area contributed by atoms with Crippen molar-refractivity contribution in [2.24, 2.45) is 0 Å². The quantitative estimate of drug-likeness (QED) is 0.600. The van der Waals surface area contributed by atoms with E-state index in [9.17, 15) is 8.42 Å². The maximum Gasteiger partial charge on any atom is 0.241 e. The summed E-state index contributed by atoms with van der Waals surface area (Å²) in [5.41, 5.74) is 1.83. The van der Waals surface area contributed by atoms with Gasteiger partial charge in [-0.3, -0.25) is 0 Å². The molecule has 0 radical (unpaired) electrons. The lowest BCUT2D eigenvalue weighted by molar-refractivity contribution is 0.297. The van der Waals surface area contributed by atoms with Crippen LogP contribution in [0.3, 0.4) is 0 Å². The third-order valence-corrected chi connectivity index (χ3v) is 6.57. The first-order valence-corrected chi connectivity index (χ1v) is 11.6. The minimum Gasteiger partial charge on any atom is -0.497 e. The Bertz CT molecular complexity index is 1130. The van der Waals surface area contributed by atoms with E-state index in [1.807, 2.05) is 48.5 Å². The van der Waals surface area contributed by atoms with Gasteiger partial charge in [-0.2, -0.15) is 0 Å². The van der Waals surface area contributed by atoms with Crippen LogP contribution >= 0.6 is 0 Å². The Morgan fingerprint density at radius 2 is 1.71 bits per heavy atom. The van der Waals surface area contributed by atoms with Gasteiger partial charge in [0.05, 0.1) is 31.3 Å². The van der Waals surface area contributed by atoms with Gasteiger partial charge < -0.3 is 14.2 Å². The number of hydrogen-bond donors (Lipinski definition) is 1. The van der Waals surface area contributed by atoms with Crippen molar-refractivity contribution in [3.8, 4) is 17.2 Å². The number of nitrogens with one attached hydrogen (secondary N) is 1. The van der Waals surface area contributed by atoms with Crippen molar-refractivity contribution >= 4 is 10.0 Å². The van der Waals surface area contributed by atoms with Gasteiger partial charge in [-0.05, 0) is 41.8 Å². The van der Waals surface area contributed by atoms with E-state index in [0.717, 1.165) is 17.5 Å². The topological polar surface area (TPSA) is 73.9 Å². The molecule has 0 fully saturated rings. The summed E-state index contributed by atoms with van der Waals surface area (Å²) in [6, 6.07) is 21.3. The van der Waals surface area contributed by atoms with Crippen LogP contribution in [0.5, 0.6) is 17.2 Å². The fourth-order valence-electron chi connectivity index (χ4n) is 3.50. The van der Waals surface area contributed by atoms with E-state index in [2.05, 4.69) is 4.72 Å². The van der Waals surface area contributed by atoms with Gasteiger partial charge in [-0.1, -0.05) is 42.5 Å². The molecule has 0 saturated carbocycles. The summed E-state index contributed by atoms with van der Waals surface area (Å²) in [6.07, 6.45) is 1.30. The predicted molar refractivity (Wildman–Crippen MR) is 118 cm³/mol. The summed E-state index contributed by atoms with van der Waals surface area (Å²) >= 11 is 0. The van der Waals surface area contributed by atoms with Crippen molar-refractivity contribution in [1.82, 2.24) is 4.72 Å². The van der Waals surface area contributed by atoms with Crippen LogP contribution < -0.4 is 18.9 Å². The van der Waals surface area contributed by atoms with Crippen molar-refractivity contribution in [3.63, 3.8) is 0 Å². The number of ether oxygens (including phenoxy) is 3. The average Bonchev–Trinajstić information content (AvgIpc) is 3.04. The summed E-state index contributed by atoms with van der Waals surface area (Å²) < 4.78 is 46.0. The van der Waals surface area contributed by atoms with Crippen LogP contribution in [0.4, 0.5) is 0 Å². The summed E-state index contributed by atoms with van der Waals surface area (Å²) in [4.78, 5) is 0.152. The lowest BCUT2D eigenvalue weighted by Crippen LogP contribution is -2.30. The molecule has 7 heteroatoms. The van der Waals surface area contributed by atoms with Crippen molar-refractivity contribution in [2.45, 2.75) is 23.8 Å². The summed E-state index contributed by atoms with van der Waals surface area (Å²) in [5, 5.41) is 0. The molecule has 1 atom stereocenters. The molecular formula is C24H25NO5S. The molecule has 3 aromatic rings. The summed E-state index contributed by atoms with van der Waals surface area (Å²) in [6.45, 7) is 1.16. The first kappa shape index (κ1) is 21.2. The number of fused-ring (bicyclic) bond motifs is 1. The zero-order valence-corrected chi connectivity index (χ0v) is 18.1. The Balaban J connectivity index is 1.68. The molecule has 0 bridgehead atoms. The Hall–Kier alpha value is -3.03. The SMILES string of the molecule is COc1cccc(S(=O)(=O)NC(Cc2ccccc2)c2ccc3c(c2)OCCCO3)c1. The van der Waals surface area contributed by atoms with E-state index >= 15 is 0 Å². The average molecular weight is 440 g/mol. The van der Waals surface area contributed by atoms with E-state index in [1.54, 1.807) is 18.2 Å². The van der Waals surface area contributed by atoms with Crippen molar-refractivity contribution < 1.29 is 22.6 Å². The third kappa shape index (κ3) is 5.18. The second kappa shape index (κ2) is 9.41. The molecule has 1 aliphatic rings. The highest BCUT2D eigenvalue weighted by Crippen LogP contribution is 2.34. The van der Waals surface area contributed by atoms with Crippen molar-refractivity contribution in [2.75, 3.05) is 20.3 Å². The highest BCUT2D eigenvalue weighted by Gasteiger charge is 2.24. The van der Waals surface area contributed by atoms with E-state index in [1.165, 1.54) is 13.2 Å². The second-order valence-corrected chi connectivity index (χ2v) is 9.01. The van der Waals surface area contributed by atoms with Gasteiger partial charge in [0.2, 0.25) is 10.0 Å². The van der Waals surface area contributed by atoms with Crippen LogP contribution in [0.25, 0.3) is 0 Å². The van der Waals surface area contributed by atoms with Crippen LogP contribution in [-0.2, 0) is 16.4 Å². The molecule has 0 aromatic heterocycles. The second-order valence-electron chi connectivity index (χ2n) is 7.30. The van der Waals surface area contributed by atoms with Crippen LogP contribution in [0, 0.1) is 0 Å². The standard InChI is InChI=1S/C24H25NO5S/c1-28-20-9-5-10-21(17-20)31(26,27)25-22(15-18-7-3-2-4-8-18)19-11-12-23-24(16-19)30-14-6-13-29-23/h2-5,7-12,16-17,22,25H,6,13-15H2,1H3. The number of benzene rings is 3. The molecule has 0 aliphatic carbocycles. The molecular weight excluding hydrogens is 414 g/mol. The molecule has 162 valence electrons. The maximum atomic E-state index is 13.2. The lowest BCUT2D eigenvalue weighted by Gasteiger charge is -2.21. The smallest absolute Gasteiger partial charge is 0.241 e. The highest BCUT2D eigenvalue weighted by atomic mass is 32.2. The fourth-order valence-corrected chi connectivity index (χ4v) is 4.76. The molecule has 3 aromatic carbocycles. The first-order chi connectivity index (χ1) is 15.0.